The van der Waals surface area contributed by atoms with E-state index in [1.54, 1.807) is 5.57 Å². The molecule has 5 unspecified atom stereocenters. The minimum absolute atomic E-state index is 0.0954. The molecule has 0 radical (unpaired) electrons. The summed E-state index contributed by atoms with van der Waals surface area (Å²) in [5.74, 6) is 0.483. The maximum atomic E-state index is 10.9. The summed E-state index contributed by atoms with van der Waals surface area (Å²) in [6.07, 6.45) is 11.1. The summed E-state index contributed by atoms with van der Waals surface area (Å²) in [5.41, 5.74) is 1.65. The second-order valence-corrected chi connectivity index (χ2v) is 9.59. The highest BCUT2D eigenvalue weighted by Crippen LogP contribution is 2.65. The number of allylic oxidation sites excluding steroid dienone is 3. The maximum Gasteiger partial charge on any atom is 0.172 e. The zero-order valence-electron chi connectivity index (χ0n) is 15.9. The number of hydrogen-bond acceptors (Lipinski definition) is 4. The van der Waals surface area contributed by atoms with Gasteiger partial charge in [-0.25, -0.2) is 0 Å². The number of aliphatic hydroxyl groups is 1. The molecule has 0 amide bonds. The van der Waals surface area contributed by atoms with Gasteiger partial charge in [0.1, 0.15) is 0 Å². The van der Waals surface area contributed by atoms with Crippen LogP contribution in [0.4, 0.5) is 0 Å². The van der Waals surface area contributed by atoms with Gasteiger partial charge in [-0.05, 0) is 43.9 Å². The van der Waals surface area contributed by atoms with Crippen LogP contribution in [0.15, 0.2) is 23.3 Å². The lowest BCUT2D eigenvalue weighted by atomic mass is 9.51. The molecule has 0 aromatic rings. The predicted octanol–water partition coefficient (Wildman–Crippen LogP) is 3.87. The third kappa shape index (κ3) is 1.95. The SMILES string of the molecule is CC12CCC3(CC1=CCC1C2=CCC2(C)C1CCC2(O)C#N)OCCO3. The summed E-state index contributed by atoms with van der Waals surface area (Å²) in [7, 11) is 0. The molecule has 1 aliphatic heterocycles. The molecule has 140 valence electrons. The monoisotopic (exact) mass is 355 g/mol. The highest BCUT2D eigenvalue weighted by Gasteiger charge is 2.62. The van der Waals surface area contributed by atoms with Crippen LogP contribution < -0.4 is 0 Å². The molecular formula is C22H29NO3. The molecule has 5 aliphatic rings. The molecule has 26 heavy (non-hydrogen) atoms. The number of fused-ring (bicyclic) bond motifs is 5. The third-order valence-corrected chi connectivity index (χ3v) is 8.64. The number of ether oxygens (including phenoxy) is 2. The Morgan fingerprint density at radius 3 is 2.65 bits per heavy atom. The summed E-state index contributed by atoms with van der Waals surface area (Å²) < 4.78 is 12.0. The van der Waals surface area contributed by atoms with E-state index in [-0.39, 0.29) is 16.6 Å². The van der Waals surface area contributed by atoms with Crippen LogP contribution in [0.25, 0.3) is 0 Å². The molecule has 3 fully saturated rings. The van der Waals surface area contributed by atoms with Crippen molar-refractivity contribution < 1.29 is 14.6 Å². The van der Waals surface area contributed by atoms with Crippen molar-refractivity contribution >= 4 is 0 Å². The first-order valence-corrected chi connectivity index (χ1v) is 10.2. The van der Waals surface area contributed by atoms with Gasteiger partial charge in [0.15, 0.2) is 11.4 Å². The summed E-state index contributed by atoms with van der Waals surface area (Å²) in [4.78, 5) is 0. The van der Waals surface area contributed by atoms with Gasteiger partial charge < -0.3 is 14.6 Å². The van der Waals surface area contributed by atoms with E-state index in [0.717, 1.165) is 38.5 Å². The second kappa shape index (κ2) is 5.22. The Morgan fingerprint density at radius 2 is 1.92 bits per heavy atom. The molecular weight excluding hydrogens is 326 g/mol. The smallest absolute Gasteiger partial charge is 0.172 e. The minimum Gasteiger partial charge on any atom is -0.375 e. The van der Waals surface area contributed by atoms with E-state index in [9.17, 15) is 10.4 Å². The Kier molecular flexibility index (Phi) is 3.41. The van der Waals surface area contributed by atoms with Crippen LogP contribution >= 0.6 is 0 Å². The lowest BCUT2D eigenvalue weighted by Crippen LogP contribution is -2.51. The van der Waals surface area contributed by atoms with Crippen molar-refractivity contribution in [1.82, 2.24) is 0 Å². The fourth-order valence-corrected chi connectivity index (χ4v) is 6.85. The van der Waals surface area contributed by atoms with Crippen molar-refractivity contribution in [2.75, 3.05) is 13.2 Å². The molecule has 0 aromatic heterocycles. The van der Waals surface area contributed by atoms with Crippen LogP contribution in [0.5, 0.6) is 0 Å². The van der Waals surface area contributed by atoms with Crippen molar-refractivity contribution in [3.8, 4) is 6.07 Å². The maximum absolute atomic E-state index is 10.9. The number of nitrogens with zero attached hydrogens (tertiary/aromatic N) is 1. The minimum atomic E-state index is -1.17. The zero-order valence-corrected chi connectivity index (χ0v) is 15.9. The Morgan fingerprint density at radius 1 is 1.15 bits per heavy atom. The van der Waals surface area contributed by atoms with Crippen LogP contribution in [0, 0.1) is 34.0 Å². The average molecular weight is 355 g/mol. The molecule has 0 aromatic carbocycles. The standard InChI is InChI=1S/C22H29NO3/c1-19-9-10-22(25-11-12-26-22)13-15(19)3-4-16-17(19)5-7-20(2)18(16)6-8-21(20,24)14-23/h3,5,16,18,24H,4,6-13H2,1-2H3. The van der Waals surface area contributed by atoms with Crippen molar-refractivity contribution in [1.29, 1.82) is 5.26 Å². The molecule has 4 aliphatic carbocycles. The third-order valence-electron chi connectivity index (χ3n) is 8.64. The highest BCUT2D eigenvalue weighted by molar-refractivity contribution is 5.41. The molecule has 2 saturated carbocycles. The molecule has 0 bridgehead atoms. The largest absolute Gasteiger partial charge is 0.375 e. The summed E-state index contributed by atoms with van der Waals surface area (Å²) >= 11 is 0. The van der Waals surface area contributed by atoms with Crippen LogP contribution in [-0.4, -0.2) is 29.7 Å². The predicted molar refractivity (Wildman–Crippen MR) is 96.9 cm³/mol. The fourth-order valence-electron chi connectivity index (χ4n) is 6.85. The number of nitriles is 1. The molecule has 5 atom stereocenters. The Labute approximate surface area is 155 Å². The quantitative estimate of drug-likeness (QED) is 0.529. The average Bonchev–Trinajstić information content (AvgIpc) is 3.19. The lowest BCUT2D eigenvalue weighted by Gasteiger charge is -2.55. The molecule has 4 nitrogen and oxygen atoms in total. The first-order valence-electron chi connectivity index (χ1n) is 10.2. The van der Waals surface area contributed by atoms with Gasteiger partial charge >= 0.3 is 0 Å². The van der Waals surface area contributed by atoms with Crippen molar-refractivity contribution in [3.63, 3.8) is 0 Å². The fraction of sp³-hybridized carbons (Fsp3) is 0.773. The van der Waals surface area contributed by atoms with Crippen molar-refractivity contribution in [3.05, 3.63) is 23.3 Å². The molecule has 4 heteroatoms. The lowest BCUT2D eigenvalue weighted by molar-refractivity contribution is -0.175. The van der Waals surface area contributed by atoms with Crippen LogP contribution in [0.1, 0.15) is 58.8 Å². The van der Waals surface area contributed by atoms with Gasteiger partial charge in [-0.3, -0.25) is 0 Å². The highest BCUT2D eigenvalue weighted by atomic mass is 16.7. The van der Waals surface area contributed by atoms with E-state index in [1.807, 2.05) is 0 Å². The van der Waals surface area contributed by atoms with E-state index in [1.165, 1.54) is 5.57 Å². The van der Waals surface area contributed by atoms with Gasteiger partial charge in [0.05, 0.1) is 19.3 Å². The number of hydrogen-bond donors (Lipinski definition) is 1. The van der Waals surface area contributed by atoms with E-state index in [0.29, 0.717) is 31.5 Å². The first kappa shape index (κ1) is 17.0. The van der Waals surface area contributed by atoms with Crippen molar-refractivity contribution in [2.45, 2.75) is 70.2 Å². The normalized spacial score (nSPS) is 48.8. The topological polar surface area (TPSA) is 62.5 Å². The van der Waals surface area contributed by atoms with Gasteiger partial charge in [-0.1, -0.05) is 37.1 Å². The molecule has 1 saturated heterocycles. The first-order chi connectivity index (χ1) is 12.4. The Hall–Kier alpha value is -1.15. The molecule has 5 rings (SSSR count). The molecule has 1 heterocycles. The summed E-state index contributed by atoms with van der Waals surface area (Å²) in [6.45, 7) is 5.95. The van der Waals surface area contributed by atoms with Gasteiger partial charge in [0.2, 0.25) is 0 Å². The Balaban J connectivity index is 1.51. The van der Waals surface area contributed by atoms with Gasteiger partial charge in [0, 0.05) is 23.7 Å². The van der Waals surface area contributed by atoms with Crippen LogP contribution in [-0.2, 0) is 9.47 Å². The van der Waals surface area contributed by atoms with Gasteiger partial charge in [0.25, 0.3) is 0 Å². The van der Waals surface area contributed by atoms with E-state index in [2.05, 4.69) is 32.1 Å². The molecule has 1 spiro atoms. The second-order valence-electron chi connectivity index (χ2n) is 9.59. The van der Waals surface area contributed by atoms with Crippen molar-refractivity contribution in [2.24, 2.45) is 22.7 Å². The summed E-state index contributed by atoms with van der Waals surface area (Å²) in [5, 5.41) is 20.6. The van der Waals surface area contributed by atoms with Crippen LogP contribution in [0.2, 0.25) is 0 Å². The molecule has 1 N–H and O–H groups in total. The van der Waals surface area contributed by atoms with E-state index in [4.69, 9.17) is 9.47 Å². The van der Waals surface area contributed by atoms with E-state index >= 15 is 0 Å². The number of rotatable bonds is 0. The summed E-state index contributed by atoms with van der Waals surface area (Å²) in [6, 6.07) is 2.25. The zero-order chi connectivity index (χ0) is 18.2. The Bertz CT molecular complexity index is 743. The van der Waals surface area contributed by atoms with E-state index < -0.39 is 5.60 Å². The van der Waals surface area contributed by atoms with Gasteiger partial charge in [-0.15, -0.1) is 0 Å². The van der Waals surface area contributed by atoms with Gasteiger partial charge in [-0.2, -0.15) is 5.26 Å². The van der Waals surface area contributed by atoms with Crippen LogP contribution in [0.3, 0.4) is 0 Å².